The van der Waals surface area contributed by atoms with E-state index >= 15 is 0 Å². The monoisotopic (exact) mass is 349 g/mol. The first-order valence-electron chi connectivity index (χ1n) is 8.31. The molecule has 1 saturated heterocycles. The lowest BCUT2D eigenvalue weighted by Gasteiger charge is -2.24. The van der Waals surface area contributed by atoms with Gasteiger partial charge < -0.3 is 4.90 Å². The number of carbonyl (C=O) groups excluding carboxylic acids is 1. The van der Waals surface area contributed by atoms with E-state index in [0.717, 1.165) is 23.6 Å². The number of thioether (sulfide) groups is 1. The molecule has 1 amide bonds. The molecule has 0 bridgehead atoms. The molecule has 0 radical (unpaired) electrons. The molecule has 2 heterocycles. The summed E-state index contributed by atoms with van der Waals surface area (Å²) in [5, 5.41) is 4.61. The van der Waals surface area contributed by atoms with Gasteiger partial charge in [0.05, 0.1) is 5.69 Å². The Balaban J connectivity index is 1.64. The van der Waals surface area contributed by atoms with Crippen molar-refractivity contribution in [3.63, 3.8) is 0 Å². The normalized spacial score (nSPS) is 17.0. The van der Waals surface area contributed by atoms with Crippen molar-refractivity contribution in [3.05, 3.63) is 78.0 Å². The Hall–Kier alpha value is -2.53. The van der Waals surface area contributed by atoms with E-state index in [1.54, 1.807) is 4.68 Å². The highest BCUT2D eigenvalue weighted by atomic mass is 32.2. The van der Waals surface area contributed by atoms with E-state index in [-0.39, 0.29) is 11.3 Å². The topological polar surface area (TPSA) is 38.1 Å². The van der Waals surface area contributed by atoms with Crippen molar-refractivity contribution in [1.29, 1.82) is 0 Å². The van der Waals surface area contributed by atoms with Crippen LogP contribution >= 0.6 is 11.8 Å². The lowest BCUT2D eigenvalue weighted by Crippen LogP contribution is -2.31. The summed E-state index contributed by atoms with van der Waals surface area (Å²) in [4.78, 5) is 15.1. The third-order valence-electron chi connectivity index (χ3n) is 4.41. The average Bonchev–Trinajstić information content (AvgIpc) is 3.30. The summed E-state index contributed by atoms with van der Waals surface area (Å²) in [7, 11) is 1.83. The molecule has 4 nitrogen and oxygen atoms in total. The van der Waals surface area contributed by atoms with Crippen LogP contribution in [-0.4, -0.2) is 32.9 Å². The van der Waals surface area contributed by atoms with Crippen LogP contribution in [0.25, 0.3) is 11.3 Å². The SMILES string of the molecule is Cn1nc(-c2ccccc2)cc1C(=O)N1CCSC1c1ccccc1. The van der Waals surface area contributed by atoms with Crippen molar-refractivity contribution in [3.8, 4) is 11.3 Å². The predicted octanol–water partition coefficient (Wildman–Crippen LogP) is 3.97. The van der Waals surface area contributed by atoms with Crippen molar-refractivity contribution in [2.24, 2.45) is 7.05 Å². The highest BCUT2D eigenvalue weighted by molar-refractivity contribution is 7.99. The van der Waals surface area contributed by atoms with Gasteiger partial charge in [0.2, 0.25) is 0 Å². The molecule has 0 spiro atoms. The summed E-state index contributed by atoms with van der Waals surface area (Å²) in [5.41, 5.74) is 3.65. The van der Waals surface area contributed by atoms with Crippen molar-refractivity contribution < 1.29 is 4.79 Å². The zero-order valence-electron chi connectivity index (χ0n) is 14.0. The molecule has 3 aromatic rings. The third-order valence-corrected chi connectivity index (χ3v) is 5.67. The van der Waals surface area contributed by atoms with E-state index in [1.807, 2.05) is 78.3 Å². The fourth-order valence-corrected chi connectivity index (χ4v) is 4.39. The lowest BCUT2D eigenvalue weighted by atomic mass is 10.1. The number of aromatic nitrogens is 2. The van der Waals surface area contributed by atoms with Gasteiger partial charge in [0, 0.05) is 24.9 Å². The zero-order chi connectivity index (χ0) is 17.2. The number of carbonyl (C=O) groups is 1. The van der Waals surface area contributed by atoms with Crippen LogP contribution < -0.4 is 0 Å². The third kappa shape index (κ3) is 3.07. The molecule has 0 aliphatic carbocycles. The summed E-state index contributed by atoms with van der Waals surface area (Å²) >= 11 is 1.81. The molecule has 1 aliphatic rings. The molecule has 1 unspecified atom stereocenters. The summed E-state index contributed by atoms with van der Waals surface area (Å²) in [5.74, 6) is 0.991. The predicted molar refractivity (Wildman–Crippen MR) is 101 cm³/mol. The molecular formula is C20H19N3OS. The number of amides is 1. The van der Waals surface area contributed by atoms with Crippen LogP contribution in [0.5, 0.6) is 0 Å². The van der Waals surface area contributed by atoms with Gasteiger partial charge in [0.15, 0.2) is 0 Å². The minimum atomic E-state index is 0.0380. The molecule has 5 heteroatoms. The van der Waals surface area contributed by atoms with Gasteiger partial charge in [-0.25, -0.2) is 0 Å². The van der Waals surface area contributed by atoms with E-state index in [2.05, 4.69) is 17.2 Å². The minimum Gasteiger partial charge on any atom is -0.320 e. The van der Waals surface area contributed by atoms with Gasteiger partial charge in [0.25, 0.3) is 5.91 Å². The largest absolute Gasteiger partial charge is 0.320 e. The number of hydrogen-bond donors (Lipinski definition) is 0. The molecule has 4 rings (SSSR count). The quantitative estimate of drug-likeness (QED) is 0.718. The maximum absolute atomic E-state index is 13.1. The fourth-order valence-electron chi connectivity index (χ4n) is 3.14. The van der Waals surface area contributed by atoms with Crippen LogP contribution in [0.3, 0.4) is 0 Å². The summed E-state index contributed by atoms with van der Waals surface area (Å²) in [6.45, 7) is 0.759. The van der Waals surface area contributed by atoms with E-state index in [1.165, 1.54) is 5.56 Å². The molecule has 1 aliphatic heterocycles. The van der Waals surface area contributed by atoms with Gasteiger partial charge in [-0.15, -0.1) is 11.8 Å². The second-order valence-corrected chi connectivity index (χ2v) is 7.22. The Labute approximate surface area is 151 Å². The van der Waals surface area contributed by atoms with Gasteiger partial charge >= 0.3 is 0 Å². The molecule has 0 saturated carbocycles. The average molecular weight is 349 g/mol. The zero-order valence-corrected chi connectivity index (χ0v) is 14.8. The Bertz CT molecular complexity index is 876. The first-order chi connectivity index (χ1) is 12.2. The molecule has 1 atom stereocenters. The Morgan fingerprint density at radius 1 is 1.08 bits per heavy atom. The summed E-state index contributed by atoms with van der Waals surface area (Å²) in [6.07, 6.45) is 0. The summed E-state index contributed by atoms with van der Waals surface area (Å²) in [6, 6.07) is 22.1. The van der Waals surface area contributed by atoms with E-state index < -0.39 is 0 Å². The van der Waals surface area contributed by atoms with E-state index in [9.17, 15) is 4.79 Å². The van der Waals surface area contributed by atoms with Gasteiger partial charge in [-0.05, 0) is 11.6 Å². The second-order valence-electron chi connectivity index (χ2n) is 6.04. The molecule has 1 aromatic heterocycles. The number of rotatable bonds is 3. The van der Waals surface area contributed by atoms with Crippen LogP contribution in [-0.2, 0) is 7.05 Å². The maximum Gasteiger partial charge on any atom is 0.273 e. The highest BCUT2D eigenvalue weighted by Gasteiger charge is 2.32. The molecule has 0 N–H and O–H groups in total. The van der Waals surface area contributed by atoms with E-state index in [0.29, 0.717) is 5.69 Å². The lowest BCUT2D eigenvalue weighted by molar-refractivity contribution is 0.0749. The smallest absolute Gasteiger partial charge is 0.273 e. The molecule has 25 heavy (non-hydrogen) atoms. The van der Waals surface area contributed by atoms with Crippen molar-refractivity contribution >= 4 is 17.7 Å². The molecular weight excluding hydrogens is 330 g/mol. The Morgan fingerprint density at radius 2 is 1.76 bits per heavy atom. The van der Waals surface area contributed by atoms with E-state index in [4.69, 9.17) is 0 Å². The van der Waals surface area contributed by atoms with Gasteiger partial charge in [-0.3, -0.25) is 9.48 Å². The van der Waals surface area contributed by atoms with Gasteiger partial charge in [-0.2, -0.15) is 5.10 Å². The molecule has 1 fully saturated rings. The van der Waals surface area contributed by atoms with Crippen LogP contribution in [0, 0.1) is 0 Å². The van der Waals surface area contributed by atoms with Gasteiger partial charge in [-0.1, -0.05) is 60.7 Å². The van der Waals surface area contributed by atoms with Crippen molar-refractivity contribution in [1.82, 2.24) is 14.7 Å². The van der Waals surface area contributed by atoms with Gasteiger partial charge in [0.1, 0.15) is 11.1 Å². The van der Waals surface area contributed by atoms with Crippen molar-refractivity contribution in [2.45, 2.75) is 5.37 Å². The maximum atomic E-state index is 13.1. The molecule has 2 aromatic carbocycles. The first-order valence-corrected chi connectivity index (χ1v) is 9.36. The highest BCUT2D eigenvalue weighted by Crippen LogP contribution is 2.38. The van der Waals surface area contributed by atoms with Crippen LogP contribution in [0.1, 0.15) is 21.4 Å². The minimum absolute atomic E-state index is 0.0380. The number of hydrogen-bond acceptors (Lipinski definition) is 3. The van der Waals surface area contributed by atoms with Crippen LogP contribution in [0.4, 0.5) is 0 Å². The summed E-state index contributed by atoms with van der Waals surface area (Å²) < 4.78 is 1.69. The van der Waals surface area contributed by atoms with Crippen LogP contribution in [0.15, 0.2) is 66.7 Å². The fraction of sp³-hybridized carbons (Fsp3) is 0.200. The Morgan fingerprint density at radius 3 is 2.48 bits per heavy atom. The standard InChI is InChI=1S/C20H19N3OS/c1-22-18(14-17(21-22)15-8-4-2-5-9-15)19(24)23-12-13-25-20(23)16-10-6-3-7-11-16/h2-11,14,20H,12-13H2,1H3. The van der Waals surface area contributed by atoms with Crippen molar-refractivity contribution in [2.75, 3.05) is 12.3 Å². The van der Waals surface area contributed by atoms with Crippen LogP contribution in [0.2, 0.25) is 0 Å². The molecule has 126 valence electrons. The number of aryl methyl sites for hydroxylation is 1. The number of benzene rings is 2. The Kier molecular flexibility index (Phi) is 4.32. The first kappa shape index (κ1) is 16.0. The number of nitrogens with zero attached hydrogens (tertiary/aromatic N) is 3. The second kappa shape index (κ2) is 6.76.